The summed E-state index contributed by atoms with van der Waals surface area (Å²) in [5.41, 5.74) is 1.40. The molecule has 1 N–H and O–H groups in total. The SMILES string of the molecule is CC(CC(=O)Nc1nc2cccnc2n1C1CCC1)OC(C)(C)C. The molecule has 3 rings (SSSR count). The fourth-order valence-electron chi connectivity index (χ4n) is 3.09. The van der Waals surface area contributed by atoms with E-state index in [4.69, 9.17) is 4.74 Å². The molecule has 1 aliphatic rings. The molecular formula is C18H26N4O2. The maximum atomic E-state index is 12.4. The van der Waals surface area contributed by atoms with Crippen LogP contribution < -0.4 is 5.32 Å². The molecular weight excluding hydrogens is 304 g/mol. The van der Waals surface area contributed by atoms with Crippen LogP contribution in [0.2, 0.25) is 0 Å². The zero-order valence-corrected chi connectivity index (χ0v) is 14.9. The number of nitrogens with zero attached hydrogens (tertiary/aromatic N) is 3. The summed E-state index contributed by atoms with van der Waals surface area (Å²) in [5.74, 6) is 0.518. The summed E-state index contributed by atoms with van der Waals surface area (Å²) in [6, 6.07) is 4.17. The van der Waals surface area contributed by atoms with Gasteiger partial charge in [0.15, 0.2) is 5.65 Å². The first-order chi connectivity index (χ1) is 11.3. The third kappa shape index (κ3) is 3.75. The Morgan fingerprint density at radius 3 is 2.83 bits per heavy atom. The summed E-state index contributed by atoms with van der Waals surface area (Å²) in [5, 5.41) is 2.96. The maximum Gasteiger partial charge on any atom is 0.229 e. The lowest BCUT2D eigenvalue weighted by Gasteiger charge is -2.28. The molecule has 0 aliphatic heterocycles. The third-order valence-corrected chi connectivity index (χ3v) is 4.17. The van der Waals surface area contributed by atoms with Crippen LogP contribution in [-0.2, 0) is 9.53 Å². The molecule has 1 saturated carbocycles. The van der Waals surface area contributed by atoms with Crippen molar-refractivity contribution >= 4 is 23.0 Å². The molecule has 1 amide bonds. The van der Waals surface area contributed by atoms with Crippen molar-refractivity contribution in [2.45, 2.75) is 71.1 Å². The van der Waals surface area contributed by atoms with E-state index in [1.165, 1.54) is 6.42 Å². The molecule has 6 nitrogen and oxygen atoms in total. The number of hydrogen-bond donors (Lipinski definition) is 1. The Hall–Kier alpha value is -1.95. The number of aromatic nitrogens is 3. The van der Waals surface area contributed by atoms with Gasteiger partial charge in [0.2, 0.25) is 11.9 Å². The average molecular weight is 330 g/mol. The molecule has 0 aromatic carbocycles. The van der Waals surface area contributed by atoms with E-state index < -0.39 is 0 Å². The molecule has 24 heavy (non-hydrogen) atoms. The van der Waals surface area contributed by atoms with Crippen LogP contribution >= 0.6 is 0 Å². The van der Waals surface area contributed by atoms with Crippen molar-refractivity contribution in [1.82, 2.24) is 14.5 Å². The van der Waals surface area contributed by atoms with Gasteiger partial charge in [-0.1, -0.05) is 0 Å². The number of rotatable bonds is 5. The Kier molecular flexibility index (Phi) is 4.58. The Morgan fingerprint density at radius 1 is 1.46 bits per heavy atom. The van der Waals surface area contributed by atoms with Crippen molar-refractivity contribution in [2.24, 2.45) is 0 Å². The first-order valence-electron chi connectivity index (χ1n) is 8.64. The van der Waals surface area contributed by atoms with Crippen LogP contribution in [0.15, 0.2) is 18.3 Å². The number of anilines is 1. The second-order valence-corrected chi connectivity index (χ2v) is 7.53. The van der Waals surface area contributed by atoms with E-state index in [9.17, 15) is 4.79 Å². The fraction of sp³-hybridized carbons (Fsp3) is 0.611. The van der Waals surface area contributed by atoms with Crippen LogP contribution in [-0.4, -0.2) is 32.1 Å². The first kappa shape index (κ1) is 16.9. The summed E-state index contributed by atoms with van der Waals surface area (Å²) in [6.45, 7) is 7.89. The van der Waals surface area contributed by atoms with Gasteiger partial charge >= 0.3 is 0 Å². The lowest BCUT2D eigenvalue weighted by atomic mass is 9.93. The van der Waals surface area contributed by atoms with E-state index in [0.29, 0.717) is 18.4 Å². The highest BCUT2D eigenvalue weighted by Gasteiger charge is 2.26. The molecule has 130 valence electrons. The summed E-state index contributed by atoms with van der Waals surface area (Å²) >= 11 is 0. The number of pyridine rings is 1. The van der Waals surface area contributed by atoms with Crippen LogP contribution in [0.3, 0.4) is 0 Å². The minimum atomic E-state index is -0.261. The number of amides is 1. The lowest BCUT2D eigenvalue weighted by molar-refractivity contribution is -0.121. The van der Waals surface area contributed by atoms with Gasteiger partial charge in [0.1, 0.15) is 5.52 Å². The minimum absolute atomic E-state index is 0.0809. The molecule has 0 spiro atoms. The van der Waals surface area contributed by atoms with Crippen molar-refractivity contribution in [1.29, 1.82) is 0 Å². The summed E-state index contributed by atoms with van der Waals surface area (Å²) < 4.78 is 7.89. The van der Waals surface area contributed by atoms with Crippen LogP contribution in [0.25, 0.3) is 11.2 Å². The fourth-order valence-corrected chi connectivity index (χ4v) is 3.09. The second kappa shape index (κ2) is 6.51. The topological polar surface area (TPSA) is 69.0 Å². The third-order valence-electron chi connectivity index (χ3n) is 4.17. The molecule has 0 bridgehead atoms. The Labute approximate surface area is 142 Å². The van der Waals surface area contributed by atoms with Gasteiger partial charge in [-0.15, -0.1) is 0 Å². The number of ether oxygens (including phenoxy) is 1. The predicted octanol–water partition coefficient (Wildman–Crippen LogP) is 3.69. The molecule has 2 aromatic rings. The Bertz CT molecular complexity index is 728. The normalized spacial score (nSPS) is 16.8. The van der Waals surface area contributed by atoms with Gasteiger partial charge < -0.3 is 4.74 Å². The number of hydrogen-bond acceptors (Lipinski definition) is 4. The van der Waals surface area contributed by atoms with E-state index in [0.717, 1.165) is 24.0 Å². The van der Waals surface area contributed by atoms with Crippen molar-refractivity contribution < 1.29 is 9.53 Å². The molecule has 1 atom stereocenters. The number of imidazole rings is 1. The van der Waals surface area contributed by atoms with Gasteiger partial charge in [-0.3, -0.25) is 14.7 Å². The van der Waals surface area contributed by atoms with E-state index in [1.807, 2.05) is 39.8 Å². The second-order valence-electron chi connectivity index (χ2n) is 7.53. The molecule has 2 aromatic heterocycles. The molecule has 1 unspecified atom stereocenters. The summed E-state index contributed by atoms with van der Waals surface area (Å²) in [7, 11) is 0. The van der Waals surface area contributed by atoms with Crippen molar-refractivity contribution in [2.75, 3.05) is 5.32 Å². The quantitative estimate of drug-likeness (QED) is 0.908. The molecule has 0 saturated heterocycles. The highest BCUT2D eigenvalue weighted by atomic mass is 16.5. The van der Waals surface area contributed by atoms with Crippen molar-refractivity contribution in [3.63, 3.8) is 0 Å². The van der Waals surface area contributed by atoms with Crippen LogP contribution in [0.1, 0.15) is 59.4 Å². The van der Waals surface area contributed by atoms with Crippen LogP contribution in [0.5, 0.6) is 0 Å². The van der Waals surface area contributed by atoms with E-state index in [2.05, 4.69) is 19.9 Å². The molecule has 0 radical (unpaired) electrons. The Balaban J connectivity index is 1.76. The number of carbonyl (C=O) groups excluding carboxylic acids is 1. The number of carbonyl (C=O) groups is 1. The number of nitrogens with one attached hydrogen (secondary N) is 1. The first-order valence-corrected chi connectivity index (χ1v) is 8.64. The average Bonchev–Trinajstić information content (AvgIpc) is 2.73. The van der Waals surface area contributed by atoms with Crippen LogP contribution in [0.4, 0.5) is 5.95 Å². The molecule has 2 heterocycles. The maximum absolute atomic E-state index is 12.4. The lowest BCUT2D eigenvalue weighted by Crippen LogP contribution is -2.29. The predicted molar refractivity (Wildman–Crippen MR) is 94.0 cm³/mol. The van der Waals surface area contributed by atoms with E-state index in [1.54, 1.807) is 6.20 Å². The molecule has 6 heteroatoms. The van der Waals surface area contributed by atoms with Crippen LogP contribution in [0, 0.1) is 0 Å². The van der Waals surface area contributed by atoms with Gasteiger partial charge in [0, 0.05) is 12.2 Å². The van der Waals surface area contributed by atoms with Gasteiger partial charge in [0.05, 0.1) is 18.1 Å². The van der Waals surface area contributed by atoms with Gasteiger partial charge in [-0.2, -0.15) is 0 Å². The van der Waals surface area contributed by atoms with E-state index >= 15 is 0 Å². The van der Waals surface area contributed by atoms with Crippen molar-refractivity contribution in [3.8, 4) is 0 Å². The minimum Gasteiger partial charge on any atom is -0.372 e. The summed E-state index contributed by atoms with van der Waals surface area (Å²) in [6.07, 6.45) is 5.34. The standard InChI is InChI=1S/C18H26N4O2/c1-12(24-18(2,3)4)11-15(23)21-17-20-14-9-6-10-19-16(14)22(17)13-7-5-8-13/h6,9-10,12-13H,5,7-8,11H2,1-4H3,(H,20,21,23). The number of fused-ring (bicyclic) bond motifs is 1. The smallest absolute Gasteiger partial charge is 0.229 e. The largest absolute Gasteiger partial charge is 0.372 e. The van der Waals surface area contributed by atoms with Crippen molar-refractivity contribution in [3.05, 3.63) is 18.3 Å². The molecule has 1 fully saturated rings. The summed E-state index contributed by atoms with van der Waals surface area (Å²) in [4.78, 5) is 21.4. The highest BCUT2D eigenvalue weighted by molar-refractivity contribution is 5.91. The van der Waals surface area contributed by atoms with Gasteiger partial charge in [-0.05, 0) is 59.1 Å². The zero-order valence-electron chi connectivity index (χ0n) is 14.9. The van der Waals surface area contributed by atoms with Gasteiger partial charge in [-0.25, -0.2) is 9.97 Å². The molecule has 1 aliphatic carbocycles. The highest BCUT2D eigenvalue weighted by Crippen LogP contribution is 2.36. The monoisotopic (exact) mass is 330 g/mol. The Morgan fingerprint density at radius 2 is 2.21 bits per heavy atom. The van der Waals surface area contributed by atoms with E-state index in [-0.39, 0.29) is 17.6 Å². The van der Waals surface area contributed by atoms with Gasteiger partial charge in [0.25, 0.3) is 0 Å². The zero-order chi connectivity index (χ0) is 17.3.